The lowest BCUT2D eigenvalue weighted by Crippen LogP contribution is -2.39. The number of ether oxygens (including phenoxy) is 4. The van der Waals surface area contributed by atoms with Crippen molar-refractivity contribution in [2.75, 3.05) is 84.0 Å². The van der Waals surface area contributed by atoms with Crippen LogP contribution < -0.4 is 5.32 Å². The van der Waals surface area contributed by atoms with Crippen LogP contribution in [0.15, 0.2) is 0 Å². The number of nitrogens with zero attached hydrogens (tertiary/aromatic N) is 4. The van der Waals surface area contributed by atoms with Gasteiger partial charge in [-0.2, -0.15) is 0 Å². The van der Waals surface area contributed by atoms with E-state index in [2.05, 4.69) is 34.4 Å². The molecule has 0 aliphatic carbocycles. The Morgan fingerprint density at radius 2 is 1.45 bits per heavy atom. The maximum Gasteiger partial charge on any atom is 0.152 e. The van der Waals surface area contributed by atoms with Gasteiger partial charge in [-0.1, -0.05) is 19.1 Å². The van der Waals surface area contributed by atoms with Crippen LogP contribution in [0.5, 0.6) is 0 Å². The van der Waals surface area contributed by atoms with Crippen LogP contribution in [-0.4, -0.2) is 118 Å². The van der Waals surface area contributed by atoms with Crippen LogP contribution in [-0.2, 0) is 41.9 Å². The van der Waals surface area contributed by atoms with Crippen molar-refractivity contribution in [1.29, 1.82) is 0 Å². The van der Waals surface area contributed by atoms with Crippen LogP contribution in [0.1, 0.15) is 25.2 Å². The van der Waals surface area contributed by atoms with Gasteiger partial charge in [-0.05, 0) is 6.92 Å². The van der Waals surface area contributed by atoms with E-state index in [1.54, 1.807) is 0 Å². The standard InChI is InChI=1S/C21H41N5O6S/c1-19(2)22-4-8-29-10-12-31-14-15-32-13-11-30-9-5-26-20(3)21(23-24-26)18-25-6-16-33(27,28)17-7-25/h19,22H,4-18H2,1-3H3. The minimum Gasteiger partial charge on any atom is -0.378 e. The normalized spacial score (nSPS) is 16.6. The second kappa shape index (κ2) is 15.7. The molecule has 192 valence electrons. The second-order valence-corrected chi connectivity index (χ2v) is 10.6. The predicted molar refractivity (Wildman–Crippen MR) is 125 cm³/mol. The predicted octanol–water partition coefficient (Wildman–Crippen LogP) is -0.119. The van der Waals surface area contributed by atoms with E-state index in [0.717, 1.165) is 17.9 Å². The molecular formula is C21H41N5O6S. The van der Waals surface area contributed by atoms with Gasteiger partial charge < -0.3 is 24.3 Å². The Bertz CT molecular complexity index is 744. The topological polar surface area (TPSA) is 117 Å². The molecule has 1 fully saturated rings. The molecule has 0 amide bonds. The first kappa shape index (κ1) is 28.1. The van der Waals surface area contributed by atoms with Crippen LogP contribution in [0.4, 0.5) is 0 Å². The molecule has 12 heteroatoms. The molecule has 2 rings (SSSR count). The van der Waals surface area contributed by atoms with E-state index in [1.165, 1.54) is 0 Å². The lowest BCUT2D eigenvalue weighted by Gasteiger charge is -2.25. The molecule has 0 unspecified atom stereocenters. The molecule has 0 radical (unpaired) electrons. The minimum absolute atomic E-state index is 0.215. The van der Waals surface area contributed by atoms with Gasteiger partial charge in [0.25, 0.3) is 0 Å². The van der Waals surface area contributed by atoms with Crippen molar-refractivity contribution >= 4 is 9.84 Å². The largest absolute Gasteiger partial charge is 0.378 e. The number of nitrogens with one attached hydrogen (secondary N) is 1. The molecule has 1 aromatic rings. The number of aromatic nitrogens is 3. The molecule has 1 aromatic heterocycles. The number of sulfone groups is 1. The van der Waals surface area contributed by atoms with Gasteiger partial charge in [0.15, 0.2) is 9.84 Å². The van der Waals surface area contributed by atoms with E-state index in [0.29, 0.717) is 85.1 Å². The quantitative estimate of drug-likeness (QED) is 0.279. The van der Waals surface area contributed by atoms with Crippen molar-refractivity contribution in [2.45, 2.75) is 39.9 Å². The molecule has 0 spiro atoms. The zero-order chi connectivity index (χ0) is 23.9. The second-order valence-electron chi connectivity index (χ2n) is 8.33. The van der Waals surface area contributed by atoms with Gasteiger partial charge in [-0.15, -0.1) is 5.10 Å². The molecular weight excluding hydrogens is 450 g/mol. The van der Waals surface area contributed by atoms with Crippen molar-refractivity contribution in [3.63, 3.8) is 0 Å². The summed E-state index contributed by atoms with van der Waals surface area (Å²) in [6.45, 7) is 13.8. The molecule has 33 heavy (non-hydrogen) atoms. The van der Waals surface area contributed by atoms with E-state index < -0.39 is 9.84 Å². The van der Waals surface area contributed by atoms with Gasteiger partial charge in [0.2, 0.25) is 0 Å². The van der Waals surface area contributed by atoms with Gasteiger partial charge in [0.1, 0.15) is 0 Å². The van der Waals surface area contributed by atoms with E-state index in [-0.39, 0.29) is 11.5 Å². The minimum atomic E-state index is -2.87. The van der Waals surface area contributed by atoms with Crippen molar-refractivity contribution < 1.29 is 27.4 Å². The Balaban J connectivity index is 1.42. The summed E-state index contributed by atoms with van der Waals surface area (Å²) in [6.07, 6.45) is 0. The molecule has 0 saturated carbocycles. The first-order chi connectivity index (χ1) is 15.9. The molecule has 11 nitrogen and oxygen atoms in total. The average Bonchev–Trinajstić information content (AvgIpc) is 3.11. The maximum absolute atomic E-state index is 11.6. The molecule has 1 aliphatic rings. The summed E-state index contributed by atoms with van der Waals surface area (Å²) in [5, 5.41) is 11.7. The summed E-state index contributed by atoms with van der Waals surface area (Å²) in [5.74, 6) is 0.431. The maximum atomic E-state index is 11.6. The van der Waals surface area contributed by atoms with Crippen LogP contribution in [0.2, 0.25) is 0 Å². The highest BCUT2D eigenvalue weighted by atomic mass is 32.2. The Labute approximate surface area is 198 Å². The van der Waals surface area contributed by atoms with Crippen LogP contribution in [0, 0.1) is 6.92 Å². The van der Waals surface area contributed by atoms with Crippen molar-refractivity contribution in [2.24, 2.45) is 0 Å². The van der Waals surface area contributed by atoms with E-state index in [9.17, 15) is 8.42 Å². The van der Waals surface area contributed by atoms with E-state index in [1.807, 2.05) is 11.6 Å². The third-order valence-electron chi connectivity index (χ3n) is 5.25. The van der Waals surface area contributed by atoms with Crippen LogP contribution >= 0.6 is 0 Å². The monoisotopic (exact) mass is 491 g/mol. The summed E-state index contributed by atoms with van der Waals surface area (Å²) < 4.78 is 47.0. The fraction of sp³-hybridized carbons (Fsp3) is 0.905. The highest BCUT2D eigenvalue weighted by Crippen LogP contribution is 2.11. The zero-order valence-corrected chi connectivity index (χ0v) is 21.1. The lowest BCUT2D eigenvalue weighted by atomic mass is 10.3. The highest BCUT2D eigenvalue weighted by molar-refractivity contribution is 7.91. The first-order valence-electron chi connectivity index (χ1n) is 11.7. The average molecular weight is 492 g/mol. The number of hydrogen-bond acceptors (Lipinski definition) is 10. The van der Waals surface area contributed by atoms with Crippen molar-refractivity contribution in [3.8, 4) is 0 Å². The van der Waals surface area contributed by atoms with Gasteiger partial charge in [-0.25, -0.2) is 13.1 Å². The van der Waals surface area contributed by atoms with Gasteiger partial charge in [0, 0.05) is 32.2 Å². The highest BCUT2D eigenvalue weighted by Gasteiger charge is 2.23. The third kappa shape index (κ3) is 12.2. The smallest absolute Gasteiger partial charge is 0.152 e. The van der Waals surface area contributed by atoms with Gasteiger partial charge >= 0.3 is 0 Å². The summed E-state index contributed by atoms with van der Waals surface area (Å²) in [4.78, 5) is 2.11. The summed E-state index contributed by atoms with van der Waals surface area (Å²) >= 11 is 0. The lowest BCUT2D eigenvalue weighted by molar-refractivity contribution is -0.00255. The SMILES string of the molecule is Cc1c(CN2CCS(=O)(=O)CC2)nnn1CCOCCOCCOCCOCCNC(C)C. The fourth-order valence-corrected chi connectivity index (χ4v) is 4.48. The molecule has 1 N–H and O–H groups in total. The van der Waals surface area contributed by atoms with Crippen LogP contribution in [0.3, 0.4) is 0 Å². The molecule has 2 heterocycles. The zero-order valence-electron chi connectivity index (χ0n) is 20.3. The molecule has 1 saturated heterocycles. The number of hydrogen-bond donors (Lipinski definition) is 1. The number of rotatable bonds is 18. The van der Waals surface area contributed by atoms with Crippen molar-refractivity contribution in [3.05, 3.63) is 11.4 Å². The third-order valence-corrected chi connectivity index (χ3v) is 6.86. The van der Waals surface area contributed by atoms with Gasteiger partial charge in [-0.3, -0.25) is 4.90 Å². The Morgan fingerprint density at radius 3 is 2.03 bits per heavy atom. The van der Waals surface area contributed by atoms with E-state index >= 15 is 0 Å². The molecule has 0 bridgehead atoms. The molecule has 0 aromatic carbocycles. The van der Waals surface area contributed by atoms with E-state index in [4.69, 9.17) is 18.9 Å². The van der Waals surface area contributed by atoms with Gasteiger partial charge in [0.05, 0.1) is 82.3 Å². The Kier molecular flexibility index (Phi) is 13.4. The van der Waals surface area contributed by atoms with Crippen molar-refractivity contribution in [1.82, 2.24) is 25.2 Å². The summed E-state index contributed by atoms with van der Waals surface area (Å²) in [5.41, 5.74) is 1.87. The molecule has 0 atom stereocenters. The fourth-order valence-electron chi connectivity index (χ4n) is 3.21. The summed E-state index contributed by atoms with van der Waals surface area (Å²) in [7, 11) is -2.87. The molecule has 1 aliphatic heterocycles. The Morgan fingerprint density at radius 1 is 0.909 bits per heavy atom. The first-order valence-corrected chi connectivity index (χ1v) is 13.6. The summed E-state index contributed by atoms with van der Waals surface area (Å²) in [6, 6.07) is 0.478. The Hall–Kier alpha value is -1.15. The van der Waals surface area contributed by atoms with Crippen LogP contribution in [0.25, 0.3) is 0 Å².